The van der Waals surface area contributed by atoms with Crippen molar-refractivity contribution in [1.29, 1.82) is 0 Å². The Labute approximate surface area is 104 Å². The average molecular weight is 256 g/mol. The summed E-state index contributed by atoms with van der Waals surface area (Å²) in [6.07, 6.45) is -0.0301. The van der Waals surface area contributed by atoms with Crippen LogP contribution >= 0.6 is 0 Å². The third-order valence-electron chi connectivity index (χ3n) is 2.77. The number of nitrogens with zero attached hydrogens (tertiary/aromatic N) is 2. The van der Waals surface area contributed by atoms with Gasteiger partial charge in [-0.05, 0) is 6.92 Å². The zero-order valence-electron chi connectivity index (χ0n) is 10.0. The highest BCUT2D eigenvalue weighted by Gasteiger charge is 2.35. The van der Waals surface area contributed by atoms with Crippen molar-refractivity contribution in [3.63, 3.8) is 0 Å². The third-order valence-corrected chi connectivity index (χ3v) is 2.77. The van der Waals surface area contributed by atoms with Crippen molar-refractivity contribution < 1.29 is 19.7 Å². The maximum Gasteiger partial charge on any atom is 0.301 e. The molecule has 18 heavy (non-hydrogen) atoms. The number of aliphatic hydroxyl groups excluding tert-OH is 2. The Morgan fingerprint density at radius 3 is 3.06 bits per heavy atom. The van der Waals surface area contributed by atoms with Crippen LogP contribution in [0, 0.1) is 0 Å². The molecule has 0 unspecified atom stereocenters. The second-order valence-electron chi connectivity index (χ2n) is 4.00. The zero-order chi connectivity index (χ0) is 13.1. The lowest BCUT2D eigenvalue weighted by Crippen LogP contribution is -2.24. The highest BCUT2D eigenvalue weighted by Crippen LogP contribution is 2.30. The van der Waals surface area contributed by atoms with E-state index in [1.165, 1.54) is 12.3 Å². The fourth-order valence-electron chi connectivity index (χ4n) is 1.90. The van der Waals surface area contributed by atoms with Crippen LogP contribution in [0.4, 0.5) is 0 Å². The van der Waals surface area contributed by atoms with Crippen molar-refractivity contribution in [3.8, 4) is 6.01 Å². The van der Waals surface area contributed by atoms with Crippen molar-refractivity contribution in [2.24, 2.45) is 0 Å². The molecule has 1 aromatic rings. The van der Waals surface area contributed by atoms with Crippen LogP contribution in [0.15, 0.2) is 17.1 Å². The van der Waals surface area contributed by atoms with E-state index in [1.54, 1.807) is 11.5 Å². The smallest absolute Gasteiger partial charge is 0.301 e. The van der Waals surface area contributed by atoms with E-state index in [4.69, 9.17) is 14.6 Å². The van der Waals surface area contributed by atoms with Crippen molar-refractivity contribution in [2.75, 3.05) is 13.2 Å². The summed E-state index contributed by atoms with van der Waals surface area (Å²) in [6, 6.07) is 1.45. The molecule has 2 N–H and O–H groups in total. The molecular weight excluding hydrogens is 240 g/mol. The van der Waals surface area contributed by atoms with E-state index in [1.807, 2.05) is 0 Å². The molecule has 2 heterocycles. The summed E-state index contributed by atoms with van der Waals surface area (Å²) in [5, 5.41) is 18.7. The highest BCUT2D eigenvalue weighted by molar-refractivity contribution is 5.01. The Hall–Kier alpha value is -1.44. The standard InChI is InChI=1S/C11H16N2O5/c1-2-17-11-12-9(16)3-4-13(11)10-5-7(15)8(6-14)18-10/h3-4,7-8,10,14-15H,2,5-6H2,1H3/t7-,8+,10+/m0/s1. The summed E-state index contributed by atoms with van der Waals surface area (Å²) >= 11 is 0. The molecule has 0 aliphatic carbocycles. The minimum Gasteiger partial charge on any atom is -0.465 e. The Morgan fingerprint density at radius 1 is 1.67 bits per heavy atom. The number of aliphatic hydroxyl groups is 2. The van der Waals surface area contributed by atoms with Gasteiger partial charge in [0.15, 0.2) is 0 Å². The monoisotopic (exact) mass is 256 g/mol. The fraction of sp³-hybridized carbons (Fsp3) is 0.636. The van der Waals surface area contributed by atoms with E-state index in [2.05, 4.69) is 4.98 Å². The first kappa shape index (κ1) is 13.0. The summed E-state index contributed by atoms with van der Waals surface area (Å²) in [7, 11) is 0. The van der Waals surface area contributed by atoms with Gasteiger partial charge in [0, 0.05) is 18.7 Å². The van der Waals surface area contributed by atoms with E-state index in [0.717, 1.165) is 0 Å². The van der Waals surface area contributed by atoms with Gasteiger partial charge in [-0.25, -0.2) is 0 Å². The highest BCUT2D eigenvalue weighted by atomic mass is 16.6. The SMILES string of the molecule is CCOc1nc(=O)ccn1[C@H]1C[C@H](O)[C@@H](CO)O1. The molecular formula is C11H16N2O5. The first-order valence-corrected chi connectivity index (χ1v) is 5.82. The molecule has 0 bridgehead atoms. The molecule has 1 aliphatic heterocycles. The number of ether oxygens (including phenoxy) is 2. The maximum atomic E-state index is 11.2. The third kappa shape index (κ3) is 2.53. The van der Waals surface area contributed by atoms with Gasteiger partial charge in [0.05, 0.1) is 19.3 Å². The number of hydrogen-bond acceptors (Lipinski definition) is 6. The minimum atomic E-state index is -0.742. The van der Waals surface area contributed by atoms with Gasteiger partial charge in [-0.2, -0.15) is 4.98 Å². The Morgan fingerprint density at radius 2 is 2.44 bits per heavy atom. The van der Waals surface area contributed by atoms with Crippen LogP contribution in [0.2, 0.25) is 0 Å². The van der Waals surface area contributed by atoms with Gasteiger partial charge in [-0.1, -0.05) is 0 Å². The number of hydrogen-bond donors (Lipinski definition) is 2. The summed E-state index contributed by atoms with van der Waals surface area (Å²) < 4.78 is 12.3. The largest absolute Gasteiger partial charge is 0.465 e. The first-order valence-electron chi connectivity index (χ1n) is 5.82. The molecule has 0 amide bonds. The molecule has 7 nitrogen and oxygen atoms in total. The minimum absolute atomic E-state index is 0.154. The van der Waals surface area contributed by atoms with Crippen LogP contribution in [-0.4, -0.2) is 45.2 Å². The van der Waals surface area contributed by atoms with Gasteiger partial charge in [0.1, 0.15) is 12.3 Å². The molecule has 0 aromatic carbocycles. The molecule has 1 aromatic heterocycles. The number of aromatic nitrogens is 2. The first-order chi connectivity index (χ1) is 8.65. The van der Waals surface area contributed by atoms with Gasteiger partial charge in [0.2, 0.25) is 0 Å². The Bertz CT molecular complexity index is 461. The normalized spacial score (nSPS) is 27.4. The molecule has 1 saturated heterocycles. The molecule has 0 saturated carbocycles. The Balaban J connectivity index is 2.25. The van der Waals surface area contributed by atoms with Gasteiger partial charge in [-0.3, -0.25) is 9.36 Å². The molecule has 1 fully saturated rings. The van der Waals surface area contributed by atoms with E-state index in [9.17, 15) is 9.90 Å². The van der Waals surface area contributed by atoms with E-state index in [-0.39, 0.29) is 12.6 Å². The van der Waals surface area contributed by atoms with E-state index in [0.29, 0.717) is 13.0 Å². The second kappa shape index (κ2) is 5.47. The second-order valence-corrected chi connectivity index (χ2v) is 4.00. The lowest BCUT2D eigenvalue weighted by molar-refractivity contribution is -0.0473. The van der Waals surface area contributed by atoms with Crippen molar-refractivity contribution >= 4 is 0 Å². The van der Waals surface area contributed by atoms with Gasteiger partial charge in [0.25, 0.3) is 5.56 Å². The summed E-state index contributed by atoms with van der Waals surface area (Å²) in [4.78, 5) is 14.9. The van der Waals surface area contributed by atoms with Crippen molar-refractivity contribution in [3.05, 3.63) is 22.6 Å². The lowest BCUT2D eigenvalue weighted by Gasteiger charge is -2.18. The predicted octanol–water partition coefficient (Wildman–Crippen LogP) is -0.717. The molecule has 1 aliphatic rings. The van der Waals surface area contributed by atoms with Crippen LogP contribution in [0.25, 0.3) is 0 Å². The molecule has 2 rings (SSSR count). The van der Waals surface area contributed by atoms with Crippen molar-refractivity contribution in [2.45, 2.75) is 31.8 Å². The molecule has 3 atom stereocenters. The van der Waals surface area contributed by atoms with Gasteiger partial charge < -0.3 is 19.7 Å². The van der Waals surface area contributed by atoms with Gasteiger partial charge in [-0.15, -0.1) is 0 Å². The predicted molar refractivity (Wildman–Crippen MR) is 61.3 cm³/mol. The van der Waals surface area contributed by atoms with Crippen LogP contribution < -0.4 is 10.3 Å². The average Bonchev–Trinajstić information content (AvgIpc) is 2.71. The number of rotatable bonds is 4. The van der Waals surface area contributed by atoms with Crippen LogP contribution in [0.5, 0.6) is 6.01 Å². The summed E-state index contributed by atoms with van der Waals surface area (Å²) in [5.74, 6) is 0. The zero-order valence-corrected chi connectivity index (χ0v) is 10.0. The van der Waals surface area contributed by atoms with Crippen LogP contribution in [-0.2, 0) is 4.74 Å². The molecule has 7 heteroatoms. The quantitative estimate of drug-likeness (QED) is 0.738. The van der Waals surface area contributed by atoms with Crippen LogP contribution in [0.3, 0.4) is 0 Å². The lowest BCUT2D eigenvalue weighted by atomic mass is 10.2. The summed E-state index contributed by atoms with van der Waals surface area (Å²) in [5.41, 5.74) is -0.396. The Kier molecular flexibility index (Phi) is 3.95. The maximum absolute atomic E-state index is 11.2. The van der Waals surface area contributed by atoms with E-state index < -0.39 is 24.0 Å². The van der Waals surface area contributed by atoms with Gasteiger partial charge >= 0.3 is 6.01 Å². The molecule has 0 spiro atoms. The summed E-state index contributed by atoms with van der Waals surface area (Å²) in [6.45, 7) is 1.90. The van der Waals surface area contributed by atoms with Crippen molar-refractivity contribution in [1.82, 2.24) is 9.55 Å². The van der Waals surface area contributed by atoms with Crippen LogP contribution in [0.1, 0.15) is 19.6 Å². The topological polar surface area (TPSA) is 93.8 Å². The van der Waals surface area contributed by atoms with E-state index >= 15 is 0 Å². The molecule has 0 radical (unpaired) electrons. The molecule has 100 valence electrons. The fourth-order valence-corrected chi connectivity index (χ4v) is 1.90.